The van der Waals surface area contributed by atoms with Crippen LogP contribution in [0.1, 0.15) is 30.9 Å². The van der Waals surface area contributed by atoms with E-state index in [0.29, 0.717) is 12.0 Å². The van der Waals surface area contributed by atoms with Crippen LogP contribution in [0.2, 0.25) is 0 Å². The number of aryl methyl sites for hydroxylation is 1. The van der Waals surface area contributed by atoms with Gasteiger partial charge in [0, 0.05) is 6.04 Å². The van der Waals surface area contributed by atoms with E-state index in [4.69, 9.17) is 0 Å². The quantitative estimate of drug-likeness (QED) is 0.809. The van der Waals surface area contributed by atoms with Crippen LogP contribution in [-0.2, 0) is 6.42 Å². The van der Waals surface area contributed by atoms with Gasteiger partial charge in [-0.1, -0.05) is 6.07 Å². The van der Waals surface area contributed by atoms with Crippen molar-refractivity contribution >= 4 is 0 Å². The molecule has 1 heterocycles. The molecule has 2 heteroatoms. The van der Waals surface area contributed by atoms with Crippen molar-refractivity contribution in [2.75, 3.05) is 6.54 Å². The molecular weight excluding hydrogens is 201 g/mol. The Hall–Kier alpha value is -0.890. The van der Waals surface area contributed by atoms with Gasteiger partial charge < -0.3 is 5.32 Å². The highest BCUT2D eigenvalue weighted by atomic mass is 19.1. The molecule has 2 rings (SSSR count). The van der Waals surface area contributed by atoms with Crippen molar-refractivity contribution in [3.8, 4) is 0 Å². The molecule has 1 aromatic carbocycles. The smallest absolute Gasteiger partial charge is 0.123 e. The first-order valence-corrected chi connectivity index (χ1v) is 6.13. The highest BCUT2D eigenvalue weighted by Gasteiger charge is 2.18. The molecule has 1 nitrogen and oxygen atoms in total. The van der Waals surface area contributed by atoms with Crippen LogP contribution in [0.3, 0.4) is 0 Å². The molecule has 88 valence electrons. The summed E-state index contributed by atoms with van der Waals surface area (Å²) >= 11 is 0. The van der Waals surface area contributed by atoms with E-state index >= 15 is 0 Å². The Bertz CT molecular complexity index is 354. The second kappa shape index (κ2) is 4.96. The Morgan fingerprint density at radius 1 is 1.38 bits per heavy atom. The monoisotopic (exact) mass is 221 g/mol. The lowest BCUT2D eigenvalue weighted by Gasteiger charge is -2.28. The molecule has 1 aromatic rings. The summed E-state index contributed by atoms with van der Waals surface area (Å²) < 4.78 is 13.1. The summed E-state index contributed by atoms with van der Waals surface area (Å²) in [6.45, 7) is 5.36. The first-order valence-electron chi connectivity index (χ1n) is 6.13. The van der Waals surface area contributed by atoms with Gasteiger partial charge in [0.15, 0.2) is 0 Å². The van der Waals surface area contributed by atoms with E-state index in [2.05, 4.69) is 19.2 Å². The fourth-order valence-corrected chi connectivity index (χ4v) is 2.40. The molecule has 0 amide bonds. The molecule has 16 heavy (non-hydrogen) atoms. The van der Waals surface area contributed by atoms with Crippen LogP contribution in [0.25, 0.3) is 0 Å². The number of nitrogens with one attached hydrogen (secondary N) is 1. The van der Waals surface area contributed by atoms with Gasteiger partial charge in [-0.05, 0) is 68.8 Å². The first-order chi connectivity index (χ1) is 7.65. The maximum atomic E-state index is 13.1. The molecule has 1 fully saturated rings. The summed E-state index contributed by atoms with van der Waals surface area (Å²) in [5.74, 6) is 0.550. The van der Waals surface area contributed by atoms with Crippen LogP contribution < -0.4 is 5.32 Å². The molecule has 0 spiro atoms. The van der Waals surface area contributed by atoms with E-state index in [-0.39, 0.29) is 5.82 Å². The van der Waals surface area contributed by atoms with E-state index in [1.807, 2.05) is 6.07 Å². The summed E-state index contributed by atoms with van der Waals surface area (Å²) in [6, 6.07) is 5.75. The Labute approximate surface area is 97.1 Å². The summed E-state index contributed by atoms with van der Waals surface area (Å²) in [5.41, 5.74) is 2.38. The summed E-state index contributed by atoms with van der Waals surface area (Å²) in [5, 5.41) is 3.49. The van der Waals surface area contributed by atoms with Crippen molar-refractivity contribution in [1.82, 2.24) is 5.32 Å². The van der Waals surface area contributed by atoms with Gasteiger partial charge in [0.05, 0.1) is 0 Å². The van der Waals surface area contributed by atoms with Crippen LogP contribution in [0.15, 0.2) is 18.2 Å². The van der Waals surface area contributed by atoms with Crippen molar-refractivity contribution in [2.24, 2.45) is 5.92 Å². The van der Waals surface area contributed by atoms with Crippen molar-refractivity contribution in [2.45, 2.75) is 39.2 Å². The van der Waals surface area contributed by atoms with Gasteiger partial charge >= 0.3 is 0 Å². The zero-order valence-corrected chi connectivity index (χ0v) is 10.1. The molecule has 1 aliphatic rings. The Morgan fingerprint density at radius 2 is 2.19 bits per heavy atom. The molecule has 1 aliphatic heterocycles. The van der Waals surface area contributed by atoms with Crippen LogP contribution >= 0.6 is 0 Å². The number of benzene rings is 1. The van der Waals surface area contributed by atoms with Crippen molar-refractivity contribution in [1.29, 1.82) is 0 Å². The van der Waals surface area contributed by atoms with Gasteiger partial charge in [-0.3, -0.25) is 0 Å². The second-order valence-corrected chi connectivity index (χ2v) is 5.03. The van der Waals surface area contributed by atoms with Gasteiger partial charge in [-0.2, -0.15) is 0 Å². The SMILES string of the molecule is Cc1ccc(F)cc1CC1CCC(C)NC1. The van der Waals surface area contributed by atoms with Crippen LogP contribution in [0, 0.1) is 18.7 Å². The van der Waals surface area contributed by atoms with Gasteiger partial charge in [-0.15, -0.1) is 0 Å². The average molecular weight is 221 g/mol. The number of hydrogen-bond donors (Lipinski definition) is 1. The van der Waals surface area contributed by atoms with E-state index in [0.717, 1.165) is 13.0 Å². The third-order valence-electron chi connectivity index (χ3n) is 3.58. The van der Waals surface area contributed by atoms with E-state index in [1.165, 1.54) is 24.0 Å². The predicted octanol–water partition coefficient (Wildman–Crippen LogP) is 3.06. The molecule has 2 unspecified atom stereocenters. The van der Waals surface area contributed by atoms with Crippen LogP contribution in [0.5, 0.6) is 0 Å². The minimum Gasteiger partial charge on any atom is -0.314 e. The maximum Gasteiger partial charge on any atom is 0.123 e. The molecule has 1 N–H and O–H groups in total. The standard InChI is InChI=1S/C14H20FN/c1-10-3-6-14(15)8-13(10)7-12-5-4-11(2)16-9-12/h3,6,8,11-12,16H,4-5,7,9H2,1-2H3. The fraction of sp³-hybridized carbons (Fsp3) is 0.571. The fourth-order valence-electron chi connectivity index (χ4n) is 2.40. The van der Waals surface area contributed by atoms with Gasteiger partial charge in [-0.25, -0.2) is 4.39 Å². The lowest BCUT2D eigenvalue weighted by Crippen LogP contribution is -2.37. The Kier molecular flexibility index (Phi) is 3.59. The van der Waals surface area contributed by atoms with Crippen molar-refractivity contribution in [3.05, 3.63) is 35.1 Å². The topological polar surface area (TPSA) is 12.0 Å². The summed E-state index contributed by atoms with van der Waals surface area (Å²) in [7, 11) is 0. The highest BCUT2D eigenvalue weighted by molar-refractivity contribution is 5.27. The van der Waals surface area contributed by atoms with Gasteiger partial charge in [0.25, 0.3) is 0 Å². The third-order valence-corrected chi connectivity index (χ3v) is 3.58. The zero-order chi connectivity index (χ0) is 11.5. The molecule has 0 aromatic heterocycles. The normalized spacial score (nSPS) is 25.7. The van der Waals surface area contributed by atoms with E-state index in [9.17, 15) is 4.39 Å². The predicted molar refractivity (Wildman–Crippen MR) is 65.0 cm³/mol. The molecule has 0 saturated carbocycles. The van der Waals surface area contributed by atoms with Gasteiger partial charge in [0.2, 0.25) is 0 Å². The maximum absolute atomic E-state index is 13.1. The lowest BCUT2D eigenvalue weighted by molar-refractivity contribution is 0.321. The lowest BCUT2D eigenvalue weighted by atomic mass is 9.88. The average Bonchev–Trinajstić information content (AvgIpc) is 2.27. The van der Waals surface area contributed by atoms with E-state index in [1.54, 1.807) is 12.1 Å². The van der Waals surface area contributed by atoms with Crippen molar-refractivity contribution < 1.29 is 4.39 Å². The molecule has 0 aliphatic carbocycles. The number of hydrogen-bond acceptors (Lipinski definition) is 1. The van der Waals surface area contributed by atoms with Crippen LogP contribution in [-0.4, -0.2) is 12.6 Å². The summed E-state index contributed by atoms with van der Waals surface area (Å²) in [4.78, 5) is 0. The summed E-state index contributed by atoms with van der Waals surface area (Å²) in [6.07, 6.45) is 3.49. The Balaban J connectivity index is 2.00. The number of rotatable bonds is 2. The third kappa shape index (κ3) is 2.82. The Morgan fingerprint density at radius 3 is 2.88 bits per heavy atom. The van der Waals surface area contributed by atoms with Crippen LogP contribution in [0.4, 0.5) is 4.39 Å². The number of piperidine rings is 1. The molecule has 0 radical (unpaired) electrons. The number of halogens is 1. The largest absolute Gasteiger partial charge is 0.314 e. The minimum absolute atomic E-state index is 0.113. The second-order valence-electron chi connectivity index (χ2n) is 5.03. The highest BCUT2D eigenvalue weighted by Crippen LogP contribution is 2.21. The van der Waals surface area contributed by atoms with E-state index < -0.39 is 0 Å². The minimum atomic E-state index is -0.113. The molecule has 0 bridgehead atoms. The first kappa shape index (κ1) is 11.6. The molecular formula is C14H20FN. The zero-order valence-electron chi connectivity index (χ0n) is 10.1. The molecule has 1 saturated heterocycles. The van der Waals surface area contributed by atoms with Gasteiger partial charge in [0.1, 0.15) is 5.82 Å². The van der Waals surface area contributed by atoms with Crippen molar-refractivity contribution in [3.63, 3.8) is 0 Å². The molecule has 2 atom stereocenters.